The van der Waals surface area contributed by atoms with Gasteiger partial charge in [0.1, 0.15) is 23.8 Å². The summed E-state index contributed by atoms with van der Waals surface area (Å²) in [6, 6.07) is 11.7. The number of hydrogen-bond donors (Lipinski definition) is 2. The third-order valence-corrected chi connectivity index (χ3v) is 4.43. The largest absolute Gasteiger partial charge is 0.497 e. The number of ether oxygens (including phenoxy) is 2. The maximum absolute atomic E-state index is 5.74. The number of hydrogen-bond acceptors (Lipinski definition) is 4. The van der Waals surface area contributed by atoms with E-state index in [1.165, 1.54) is 5.56 Å². The van der Waals surface area contributed by atoms with E-state index in [9.17, 15) is 0 Å². The number of aromatic nitrogens is 2. The molecule has 30 heavy (non-hydrogen) atoms. The number of methoxy groups -OCH3 is 1. The summed E-state index contributed by atoms with van der Waals surface area (Å²) in [5.74, 6) is 2.42. The molecule has 0 spiro atoms. The standard InChI is InChI=1S/C22H29N5O2.HI/c1-4-23-22(25-13-15-29-20-9-7-19(28-3)8-10-20)24-12-11-18-16-27-14-5-6-17(2)21(27)26-18;/h5-10,14,16H,4,11-13,15H2,1-3H3,(H2,23,24,25);1H. The molecule has 0 aliphatic heterocycles. The Labute approximate surface area is 194 Å². The summed E-state index contributed by atoms with van der Waals surface area (Å²) in [7, 11) is 1.65. The van der Waals surface area contributed by atoms with E-state index in [1.807, 2.05) is 36.5 Å². The van der Waals surface area contributed by atoms with Crippen molar-refractivity contribution in [2.75, 3.05) is 33.4 Å². The van der Waals surface area contributed by atoms with Crippen LogP contribution in [0.3, 0.4) is 0 Å². The first kappa shape index (κ1) is 23.8. The average Bonchev–Trinajstić information content (AvgIpc) is 3.16. The minimum absolute atomic E-state index is 0. The summed E-state index contributed by atoms with van der Waals surface area (Å²) >= 11 is 0. The molecule has 0 saturated heterocycles. The van der Waals surface area contributed by atoms with Gasteiger partial charge in [-0.05, 0) is 49.7 Å². The van der Waals surface area contributed by atoms with Crippen molar-refractivity contribution in [1.29, 1.82) is 0 Å². The third-order valence-electron chi connectivity index (χ3n) is 4.43. The first-order valence-corrected chi connectivity index (χ1v) is 9.92. The lowest BCUT2D eigenvalue weighted by Gasteiger charge is -2.12. The first-order chi connectivity index (χ1) is 14.2. The van der Waals surface area contributed by atoms with Crippen molar-refractivity contribution < 1.29 is 9.47 Å². The van der Waals surface area contributed by atoms with E-state index in [0.29, 0.717) is 19.7 Å². The number of pyridine rings is 1. The number of aliphatic imine (C=N–C) groups is 1. The van der Waals surface area contributed by atoms with Crippen LogP contribution in [-0.4, -0.2) is 48.7 Å². The van der Waals surface area contributed by atoms with Crippen molar-refractivity contribution in [2.24, 2.45) is 4.99 Å². The Kier molecular flexibility index (Phi) is 9.72. The van der Waals surface area contributed by atoms with Gasteiger partial charge in [-0.15, -0.1) is 24.0 Å². The molecule has 2 heterocycles. The molecule has 0 saturated carbocycles. The second kappa shape index (κ2) is 12.3. The van der Waals surface area contributed by atoms with E-state index in [2.05, 4.69) is 46.1 Å². The molecule has 0 aliphatic carbocycles. The van der Waals surface area contributed by atoms with Crippen LogP contribution in [0, 0.1) is 6.92 Å². The molecule has 2 N–H and O–H groups in total. The fraction of sp³-hybridized carbons (Fsp3) is 0.364. The number of nitrogens with one attached hydrogen (secondary N) is 2. The van der Waals surface area contributed by atoms with Gasteiger partial charge in [0.15, 0.2) is 5.96 Å². The second-order valence-corrected chi connectivity index (χ2v) is 6.62. The van der Waals surface area contributed by atoms with Crippen LogP contribution in [0.15, 0.2) is 53.8 Å². The molecule has 8 heteroatoms. The fourth-order valence-electron chi connectivity index (χ4n) is 2.96. The number of rotatable bonds is 9. The Bertz CT molecular complexity index is 940. The molecule has 2 aromatic heterocycles. The third kappa shape index (κ3) is 6.79. The lowest BCUT2D eigenvalue weighted by atomic mass is 10.3. The number of aryl methyl sites for hydroxylation is 1. The highest BCUT2D eigenvalue weighted by molar-refractivity contribution is 14.0. The number of nitrogens with zero attached hydrogens (tertiary/aromatic N) is 3. The maximum atomic E-state index is 5.74. The molecule has 3 aromatic rings. The summed E-state index contributed by atoms with van der Waals surface area (Å²) in [4.78, 5) is 9.34. The van der Waals surface area contributed by atoms with Gasteiger partial charge >= 0.3 is 0 Å². The molecular weight excluding hydrogens is 493 g/mol. The normalized spacial score (nSPS) is 11.1. The van der Waals surface area contributed by atoms with Crippen molar-refractivity contribution in [3.8, 4) is 11.5 Å². The molecule has 7 nitrogen and oxygen atoms in total. The molecular formula is C22H30IN5O2. The summed E-state index contributed by atoms with van der Waals surface area (Å²) in [6.07, 6.45) is 4.89. The van der Waals surface area contributed by atoms with E-state index in [0.717, 1.165) is 41.8 Å². The number of fused-ring (bicyclic) bond motifs is 1. The molecule has 162 valence electrons. The van der Waals surface area contributed by atoms with Gasteiger partial charge in [-0.25, -0.2) is 4.98 Å². The Morgan fingerprint density at radius 1 is 1.13 bits per heavy atom. The topological polar surface area (TPSA) is 72.2 Å². The second-order valence-electron chi connectivity index (χ2n) is 6.62. The van der Waals surface area contributed by atoms with Gasteiger partial charge < -0.3 is 24.5 Å². The average molecular weight is 523 g/mol. The number of imidazole rings is 1. The maximum Gasteiger partial charge on any atom is 0.191 e. The quantitative estimate of drug-likeness (QED) is 0.195. The van der Waals surface area contributed by atoms with E-state index in [1.54, 1.807) is 7.11 Å². The van der Waals surface area contributed by atoms with E-state index in [-0.39, 0.29) is 24.0 Å². The minimum atomic E-state index is 0. The van der Waals surface area contributed by atoms with Crippen molar-refractivity contribution in [2.45, 2.75) is 20.3 Å². The number of guanidine groups is 1. The van der Waals surface area contributed by atoms with Crippen molar-refractivity contribution in [1.82, 2.24) is 20.0 Å². The van der Waals surface area contributed by atoms with Crippen LogP contribution < -0.4 is 20.1 Å². The zero-order chi connectivity index (χ0) is 20.5. The van der Waals surface area contributed by atoms with Gasteiger partial charge in [0.05, 0.1) is 19.3 Å². The zero-order valence-electron chi connectivity index (χ0n) is 17.7. The Hall–Kier alpha value is -2.49. The first-order valence-electron chi connectivity index (χ1n) is 9.92. The zero-order valence-corrected chi connectivity index (χ0v) is 20.1. The Morgan fingerprint density at radius 2 is 1.90 bits per heavy atom. The van der Waals surface area contributed by atoms with E-state index in [4.69, 9.17) is 14.5 Å². The molecule has 0 atom stereocenters. The van der Waals surface area contributed by atoms with E-state index < -0.39 is 0 Å². The summed E-state index contributed by atoms with van der Waals surface area (Å²) in [5, 5.41) is 6.56. The van der Waals surface area contributed by atoms with Crippen LogP contribution in [0.5, 0.6) is 11.5 Å². The SMILES string of the molecule is CCNC(=NCCc1cn2cccc(C)c2n1)NCCOc1ccc(OC)cc1.I. The molecule has 0 fully saturated rings. The van der Waals surface area contributed by atoms with Crippen LogP contribution in [-0.2, 0) is 6.42 Å². The lowest BCUT2D eigenvalue weighted by Crippen LogP contribution is -2.39. The molecule has 0 aliphatic rings. The van der Waals surface area contributed by atoms with Gasteiger partial charge in [0, 0.05) is 31.9 Å². The van der Waals surface area contributed by atoms with Crippen LogP contribution in [0.2, 0.25) is 0 Å². The predicted octanol–water partition coefficient (Wildman–Crippen LogP) is 3.45. The van der Waals surface area contributed by atoms with Gasteiger partial charge in [0.2, 0.25) is 0 Å². The van der Waals surface area contributed by atoms with Crippen LogP contribution in [0.4, 0.5) is 0 Å². The highest BCUT2D eigenvalue weighted by Crippen LogP contribution is 2.16. The number of benzene rings is 1. The Morgan fingerprint density at radius 3 is 2.60 bits per heavy atom. The van der Waals surface area contributed by atoms with E-state index >= 15 is 0 Å². The fourth-order valence-corrected chi connectivity index (χ4v) is 2.96. The van der Waals surface area contributed by atoms with Crippen LogP contribution >= 0.6 is 24.0 Å². The minimum Gasteiger partial charge on any atom is -0.497 e. The molecule has 0 amide bonds. The highest BCUT2D eigenvalue weighted by Gasteiger charge is 2.04. The number of halogens is 1. The lowest BCUT2D eigenvalue weighted by molar-refractivity contribution is 0.321. The molecule has 3 rings (SSSR count). The van der Waals surface area contributed by atoms with Crippen molar-refractivity contribution in [3.05, 3.63) is 60.0 Å². The summed E-state index contributed by atoms with van der Waals surface area (Å²) in [5.41, 5.74) is 3.23. The highest BCUT2D eigenvalue weighted by atomic mass is 127. The molecule has 0 unspecified atom stereocenters. The van der Waals surface area contributed by atoms with Crippen LogP contribution in [0.25, 0.3) is 5.65 Å². The van der Waals surface area contributed by atoms with Gasteiger partial charge in [-0.1, -0.05) is 6.07 Å². The summed E-state index contributed by atoms with van der Waals surface area (Å²) in [6.45, 7) is 6.80. The van der Waals surface area contributed by atoms with Crippen molar-refractivity contribution >= 4 is 35.6 Å². The van der Waals surface area contributed by atoms with Crippen LogP contribution in [0.1, 0.15) is 18.2 Å². The molecule has 0 radical (unpaired) electrons. The monoisotopic (exact) mass is 523 g/mol. The van der Waals surface area contributed by atoms with Gasteiger partial charge in [0.25, 0.3) is 0 Å². The molecule has 1 aromatic carbocycles. The van der Waals surface area contributed by atoms with Crippen molar-refractivity contribution in [3.63, 3.8) is 0 Å². The Balaban J connectivity index is 0.00000320. The molecule has 0 bridgehead atoms. The summed E-state index contributed by atoms with van der Waals surface area (Å²) < 4.78 is 13.0. The van der Waals surface area contributed by atoms with Gasteiger partial charge in [-0.3, -0.25) is 4.99 Å². The predicted molar refractivity (Wildman–Crippen MR) is 132 cm³/mol. The van der Waals surface area contributed by atoms with Gasteiger partial charge in [-0.2, -0.15) is 0 Å². The smallest absolute Gasteiger partial charge is 0.191 e.